The monoisotopic (exact) mass is 261 g/mol. The van der Waals surface area contributed by atoms with E-state index in [1.807, 2.05) is 12.1 Å². The number of ketones is 1. The number of ether oxygens (including phenoxy) is 1. The first-order chi connectivity index (χ1) is 8.88. The molecule has 0 atom stereocenters. The molecule has 0 saturated heterocycles. The van der Waals surface area contributed by atoms with E-state index in [1.54, 1.807) is 40.3 Å². The van der Waals surface area contributed by atoms with Gasteiger partial charge in [-0.15, -0.1) is 0 Å². The highest BCUT2D eigenvalue weighted by molar-refractivity contribution is 6.23. The van der Waals surface area contributed by atoms with Gasteiger partial charge in [-0.05, 0) is 37.1 Å². The highest BCUT2D eigenvalue weighted by atomic mass is 16.5. The number of benzene rings is 1. The van der Waals surface area contributed by atoms with Crippen molar-refractivity contribution in [2.75, 3.05) is 21.2 Å². The quantitative estimate of drug-likeness (QED) is 0.474. The molecule has 1 aromatic carbocycles. The van der Waals surface area contributed by atoms with Crippen LogP contribution >= 0.6 is 0 Å². The standard InChI is InChI=1S/C15H19NO3/c1-10(12-6-8-13(19-5)9-7-12)14(11(2)17)15(18)16(3)4/h6-9H,1-5H3. The average molecular weight is 261 g/mol. The van der Waals surface area contributed by atoms with Gasteiger partial charge in [0.25, 0.3) is 5.91 Å². The van der Waals surface area contributed by atoms with Gasteiger partial charge in [0.05, 0.1) is 12.7 Å². The lowest BCUT2D eigenvalue weighted by Crippen LogP contribution is -2.27. The summed E-state index contributed by atoms with van der Waals surface area (Å²) in [5, 5.41) is 0. The molecule has 0 bridgehead atoms. The molecular formula is C15H19NO3. The molecule has 1 aromatic rings. The average Bonchev–Trinajstić information content (AvgIpc) is 2.38. The van der Waals surface area contributed by atoms with Crippen LogP contribution in [0.3, 0.4) is 0 Å². The normalized spacial score (nSPS) is 11.6. The van der Waals surface area contributed by atoms with Crippen molar-refractivity contribution in [2.24, 2.45) is 0 Å². The molecule has 0 heterocycles. The zero-order valence-electron chi connectivity index (χ0n) is 12.0. The van der Waals surface area contributed by atoms with Crippen LogP contribution in [0.1, 0.15) is 19.4 Å². The molecule has 102 valence electrons. The molecular weight excluding hydrogens is 242 g/mol. The number of carbonyl (C=O) groups excluding carboxylic acids is 2. The summed E-state index contributed by atoms with van der Waals surface area (Å²) in [6.07, 6.45) is 0. The number of Topliss-reactive ketones (excluding diaryl/α,β-unsaturated/α-hetero) is 1. The molecule has 4 nitrogen and oxygen atoms in total. The molecule has 0 aromatic heterocycles. The van der Waals surface area contributed by atoms with Crippen molar-refractivity contribution in [3.05, 3.63) is 35.4 Å². The van der Waals surface area contributed by atoms with Gasteiger partial charge in [0.15, 0.2) is 5.78 Å². The molecule has 0 aliphatic carbocycles. The van der Waals surface area contributed by atoms with E-state index in [1.165, 1.54) is 11.8 Å². The van der Waals surface area contributed by atoms with E-state index < -0.39 is 0 Å². The van der Waals surface area contributed by atoms with Crippen LogP contribution in [0.5, 0.6) is 5.75 Å². The third-order valence-electron chi connectivity index (χ3n) is 2.87. The maximum atomic E-state index is 12.0. The summed E-state index contributed by atoms with van der Waals surface area (Å²) in [6.45, 7) is 3.18. The van der Waals surface area contributed by atoms with Crippen molar-refractivity contribution in [3.63, 3.8) is 0 Å². The number of amides is 1. The van der Waals surface area contributed by atoms with Crippen molar-refractivity contribution in [2.45, 2.75) is 13.8 Å². The lowest BCUT2D eigenvalue weighted by molar-refractivity contribution is -0.127. The van der Waals surface area contributed by atoms with Gasteiger partial charge in [-0.25, -0.2) is 0 Å². The largest absolute Gasteiger partial charge is 0.497 e. The van der Waals surface area contributed by atoms with Crippen LogP contribution in [-0.2, 0) is 9.59 Å². The van der Waals surface area contributed by atoms with Crippen molar-refractivity contribution in [1.29, 1.82) is 0 Å². The summed E-state index contributed by atoms with van der Waals surface area (Å²) in [5.41, 5.74) is 1.73. The minimum absolute atomic E-state index is 0.218. The van der Waals surface area contributed by atoms with Crippen LogP contribution in [0.25, 0.3) is 5.57 Å². The molecule has 4 heteroatoms. The topological polar surface area (TPSA) is 46.6 Å². The number of allylic oxidation sites excluding steroid dienone is 1. The molecule has 1 rings (SSSR count). The zero-order valence-corrected chi connectivity index (χ0v) is 12.0. The summed E-state index contributed by atoms with van der Waals surface area (Å²) >= 11 is 0. The van der Waals surface area contributed by atoms with Gasteiger partial charge in [-0.2, -0.15) is 0 Å². The van der Waals surface area contributed by atoms with E-state index in [4.69, 9.17) is 4.74 Å². The number of nitrogens with zero attached hydrogens (tertiary/aromatic N) is 1. The Bertz CT molecular complexity index is 513. The Morgan fingerprint density at radius 2 is 1.58 bits per heavy atom. The molecule has 0 unspecified atom stereocenters. The van der Waals surface area contributed by atoms with Crippen LogP contribution < -0.4 is 4.74 Å². The van der Waals surface area contributed by atoms with Crippen LogP contribution in [0.2, 0.25) is 0 Å². The predicted molar refractivity (Wildman–Crippen MR) is 75.0 cm³/mol. The van der Waals surface area contributed by atoms with Crippen molar-refractivity contribution in [3.8, 4) is 5.75 Å². The Morgan fingerprint density at radius 1 is 1.05 bits per heavy atom. The SMILES string of the molecule is COc1ccc(C(C)=C(C(C)=O)C(=O)N(C)C)cc1. The molecule has 1 amide bonds. The van der Waals surface area contributed by atoms with E-state index >= 15 is 0 Å². The Kier molecular flexibility index (Phi) is 4.87. The Labute approximate surface area is 113 Å². The fourth-order valence-corrected chi connectivity index (χ4v) is 1.78. The van der Waals surface area contributed by atoms with Gasteiger partial charge >= 0.3 is 0 Å². The summed E-state index contributed by atoms with van der Waals surface area (Å²) < 4.78 is 5.08. The number of carbonyl (C=O) groups is 2. The van der Waals surface area contributed by atoms with Crippen LogP contribution in [0.15, 0.2) is 29.8 Å². The second kappa shape index (κ2) is 6.18. The molecule has 0 spiro atoms. The Balaban J connectivity index is 3.28. The minimum Gasteiger partial charge on any atom is -0.497 e. The van der Waals surface area contributed by atoms with Gasteiger partial charge in [-0.1, -0.05) is 12.1 Å². The zero-order chi connectivity index (χ0) is 14.6. The van der Waals surface area contributed by atoms with Crippen LogP contribution in [0.4, 0.5) is 0 Å². The van der Waals surface area contributed by atoms with Crippen LogP contribution in [0, 0.1) is 0 Å². The second-order valence-corrected chi connectivity index (χ2v) is 4.48. The minimum atomic E-state index is -0.277. The Morgan fingerprint density at radius 3 is 1.95 bits per heavy atom. The number of hydrogen-bond donors (Lipinski definition) is 0. The first-order valence-corrected chi connectivity index (χ1v) is 5.96. The number of hydrogen-bond acceptors (Lipinski definition) is 3. The van der Waals surface area contributed by atoms with E-state index in [0.717, 1.165) is 11.3 Å². The lowest BCUT2D eigenvalue weighted by atomic mass is 9.98. The third kappa shape index (κ3) is 3.44. The molecule has 19 heavy (non-hydrogen) atoms. The van der Waals surface area contributed by atoms with Gasteiger partial charge in [0.1, 0.15) is 5.75 Å². The summed E-state index contributed by atoms with van der Waals surface area (Å²) in [7, 11) is 4.85. The fraction of sp³-hybridized carbons (Fsp3) is 0.333. The summed E-state index contributed by atoms with van der Waals surface area (Å²) in [4.78, 5) is 25.1. The molecule has 0 N–H and O–H groups in total. The first-order valence-electron chi connectivity index (χ1n) is 5.96. The molecule has 0 aliphatic rings. The molecule has 0 fully saturated rings. The third-order valence-corrected chi connectivity index (χ3v) is 2.87. The fourth-order valence-electron chi connectivity index (χ4n) is 1.78. The maximum absolute atomic E-state index is 12.0. The highest BCUT2D eigenvalue weighted by Crippen LogP contribution is 2.22. The van der Waals surface area contributed by atoms with E-state index in [2.05, 4.69) is 0 Å². The first kappa shape index (κ1) is 15.0. The smallest absolute Gasteiger partial charge is 0.257 e. The number of likely N-dealkylation sites (N-methyl/N-ethyl adjacent to an activating group) is 1. The number of rotatable bonds is 4. The van der Waals surface area contributed by atoms with Gasteiger partial charge < -0.3 is 9.64 Å². The van der Waals surface area contributed by atoms with Gasteiger partial charge in [0, 0.05) is 14.1 Å². The van der Waals surface area contributed by atoms with Gasteiger partial charge in [0.2, 0.25) is 0 Å². The van der Waals surface area contributed by atoms with E-state index in [-0.39, 0.29) is 17.3 Å². The maximum Gasteiger partial charge on any atom is 0.257 e. The van der Waals surface area contributed by atoms with Crippen LogP contribution in [-0.4, -0.2) is 37.8 Å². The summed E-state index contributed by atoms with van der Waals surface area (Å²) in [5.74, 6) is 0.229. The Hall–Kier alpha value is -2.10. The van der Waals surface area contributed by atoms with E-state index in [0.29, 0.717) is 5.57 Å². The predicted octanol–water partition coefficient (Wildman–Crippen LogP) is 2.15. The molecule has 0 aliphatic heterocycles. The highest BCUT2D eigenvalue weighted by Gasteiger charge is 2.20. The number of methoxy groups -OCH3 is 1. The molecule has 0 saturated carbocycles. The van der Waals surface area contributed by atoms with Gasteiger partial charge in [-0.3, -0.25) is 9.59 Å². The van der Waals surface area contributed by atoms with Crippen molar-refractivity contribution < 1.29 is 14.3 Å². The van der Waals surface area contributed by atoms with Crippen molar-refractivity contribution >= 4 is 17.3 Å². The van der Waals surface area contributed by atoms with Crippen molar-refractivity contribution in [1.82, 2.24) is 4.90 Å². The van der Waals surface area contributed by atoms with E-state index in [9.17, 15) is 9.59 Å². The summed E-state index contributed by atoms with van der Waals surface area (Å²) in [6, 6.07) is 7.27. The lowest BCUT2D eigenvalue weighted by Gasteiger charge is -2.14. The second-order valence-electron chi connectivity index (χ2n) is 4.48. The molecule has 0 radical (unpaired) electrons.